The van der Waals surface area contributed by atoms with Gasteiger partial charge in [-0.2, -0.15) is 0 Å². The molecule has 0 unspecified atom stereocenters. The van der Waals surface area contributed by atoms with Gasteiger partial charge in [-0.05, 0) is 20.3 Å². The molecule has 0 N–H and O–H groups in total. The van der Waals surface area contributed by atoms with E-state index in [4.69, 9.17) is 18.9 Å². The summed E-state index contributed by atoms with van der Waals surface area (Å²) in [6.07, 6.45) is 2.79. The SMILES string of the molecule is CC1(CCCC2(C)OCCO2)OCCO1. The highest BCUT2D eigenvalue weighted by molar-refractivity contribution is 4.73. The number of hydrogen-bond acceptors (Lipinski definition) is 4. The lowest BCUT2D eigenvalue weighted by Crippen LogP contribution is -2.29. The van der Waals surface area contributed by atoms with Crippen LogP contribution in [-0.2, 0) is 18.9 Å². The molecular weight excluding hydrogens is 196 g/mol. The van der Waals surface area contributed by atoms with Gasteiger partial charge in [0, 0.05) is 12.8 Å². The largest absolute Gasteiger partial charge is 0.348 e. The van der Waals surface area contributed by atoms with Crippen LogP contribution in [0.5, 0.6) is 0 Å². The summed E-state index contributed by atoms with van der Waals surface area (Å²) in [5.74, 6) is -0.760. The molecule has 15 heavy (non-hydrogen) atoms. The predicted molar refractivity (Wildman–Crippen MR) is 54.5 cm³/mol. The van der Waals surface area contributed by atoms with Gasteiger partial charge in [-0.15, -0.1) is 0 Å². The third-order valence-electron chi connectivity index (χ3n) is 3.06. The minimum Gasteiger partial charge on any atom is -0.348 e. The molecule has 2 fully saturated rings. The Bertz CT molecular complexity index is 183. The second kappa shape index (κ2) is 4.37. The first kappa shape index (κ1) is 11.3. The summed E-state index contributed by atoms with van der Waals surface area (Å²) in [5, 5.41) is 0. The molecule has 0 aromatic carbocycles. The Morgan fingerprint density at radius 2 is 1.07 bits per heavy atom. The molecular formula is C11H20O4. The monoisotopic (exact) mass is 216 g/mol. The molecule has 2 rings (SSSR count). The highest BCUT2D eigenvalue weighted by Gasteiger charge is 2.34. The summed E-state index contributed by atoms with van der Waals surface area (Å²) in [6.45, 7) is 6.83. The molecule has 0 radical (unpaired) electrons. The van der Waals surface area contributed by atoms with Crippen LogP contribution in [0.3, 0.4) is 0 Å². The van der Waals surface area contributed by atoms with E-state index >= 15 is 0 Å². The Balaban J connectivity index is 1.69. The van der Waals surface area contributed by atoms with E-state index in [-0.39, 0.29) is 11.6 Å². The maximum Gasteiger partial charge on any atom is 0.165 e. The normalized spacial score (nSPS) is 28.4. The van der Waals surface area contributed by atoms with E-state index in [2.05, 4.69) is 0 Å². The zero-order chi connectivity index (χ0) is 10.8. The molecule has 88 valence electrons. The van der Waals surface area contributed by atoms with Crippen molar-refractivity contribution in [1.82, 2.24) is 0 Å². The fourth-order valence-electron chi connectivity index (χ4n) is 2.13. The molecule has 0 atom stereocenters. The third-order valence-corrected chi connectivity index (χ3v) is 3.06. The Kier molecular flexibility index (Phi) is 3.30. The lowest BCUT2D eigenvalue weighted by atomic mass is 10.1. The molecule has 0 amide bonds. The molecule has 2 aliphatic rings. The Morgan fingerprint density at radius 1 is 0.733 bits per heavy atom. The van der Waals surface area contributed by atoms with Gasteiger partial charge < -0.3 is 18.9 Å². The van der Waals surface area contributed by atoms with Crippen molar-refractivity contribution >= 4 is 0 Å². The average molecular weight is 216 g/mol. The van der Waals surface area contributed by atoms with Gasteiger partial charge in [0.15, 0.2) is 11.6 Å². The van der Waals surface area contributed by atoms with Gasteiger partial charge in [-0.1, -0.05) is 0 Å². The highest BCUT2D eigenvalue weighted by atomic mass is 16.7. The molecule has 0 spiro atoms. The topological polar surface area (TPSA) is 36.9 Å². The van der Waals surface area contributed by atoms with Crippen LogP contribution in [0.15, 0.2) is 0 Å². The summed E-state index contributed by atoms with van der Waals surface area (Å²) in [7, 11) is 0. The van der Waals surface area contributed by atoms with Crippen LogP contribution in [0.25, 0.3) is 0 Å². The molecule has 0 aliphatic carbocycles. The predicted octanol–water partition coefficient (Wildman–Crippen LogP) is 1.68. The van der Waals surface area contributed by atoms with Crippen molar-refractivity contribution in [2.75, 3.05) is 26.4 Å². The Hall–Kier alpha value is -0.160. The van der Waals surface area contributed by atoms with Crippen molar-refractivity contribution in [3.05, 3.63) is 0 Å². The zero-order valence-electron chi connectivity index (χ0n) is 9.58. The van der Waals surface area contributed by atoms with Crippen molar-refractivity contribution in [3.63, 3.8) is 0 Å². The van der Waals surface area contributed by atoms with E-state index in [0.29, 0.717) is 26.4 Å². The summed E-state index contributed by atoms with van der Waals surface area (Å²) in [6, 6.07) is 0. The van der Waals surface area contributed by atoms with Crippen molar-refractivity contribution < 1.29 is 18.9 Å². The molecule has 2 saturated heterocycles. The van der Waals surface area contributed by atoms with Crippen LogP contribution in [-0.4, -0.2) is 38.0 Å². The van der Waals surface area contributed by atoms with Crippen LogP contribution in [0.1, 0.15) is 33.1 Å². The lowest BCUT2D eigenvalue weighted by molar-refractivity contribution is -0.166. The first-order chi connectivity index (χ1) is 7.12. The second-order valence-corrected chi connectivity index (χ2v) is 4.52. The fraction of sp³-hybridized carbons (Fsp3) is 1.00. The first-order valence-electron chi connectivity index (χ1n) is 5.68. The maximum absolute atomic E-state index is 5.53. The van der Waals surface area contributed by atoms with Crippen LogP contribution < -0.4 is 0 Å². The molecule has 0 bridgehead atoms. The average Bonchev–Trinajstić information content (AvgIpc) is 2.76. The van der Waals surface area contributed by atoms with Crippen LogP contribution >= 0.6 is 0 Å². The van der Waals surface area contributed by atoms with Crippen LogP contribution in [0, 0.1) is 0 Å². The standard InChI is InChI=1S/C11H20O4/c1-10(12-6-7-13-10)4-3-5-11(2)14-8-9-15-11/h3-9H2,1-2H3. The molecule has 0 aromatic heterocycles. The summed E-state index contributed by atoms with van der Waals surface area (Å²) in [5.41, 5.74) is 0. The van der Waals surface area contributed by atoms with Crippen molar-refractivity contribution in [2.24, 2.45) is 0 Å². The van der Waals surface area contributed by atoms with Crippen molar-refractivity contribution in [2.45, 2.75) is 44.7 Å². The fourth-order valence-corrected chi connectivity index (χ4v) is 2.13. The second-order valence-electron chi connectivity index (χ2n) is 4.52. The summed E-state index contributed by atoms with van der Waals surface area (Å²) < 4.78 is 22.1. The summed E-state index contributed by atoms with van der Waals surface area (Å²) >= 11 is 0. The minimum atomic E-state index is -0.380. The van der Waals surface area contributed by atoms with Crippen LogP contribution in [0.4, 0.5) is 0 Å². The van der Waals surface area contributed by atoms with E-state index < -0.39 is 0 Å². The zero-order valence-corrected chi connectivity index (χ0v) is 9.58. The summed E-state index contributed by atoms with van der Waals surface area (Å²) in [4.78, 5) is 0. The molecule has 0 saturated carbocycles. The molecule has 4 nitrogen and oxygen atoms in total. The number of hydrogen-bond donors (Lipinski definition) is 0. The van der Waals surface area contributed by atoms with Gasteiger partial charge in [0.25, 0.3) is 0 Å². The van der Waals surface area contributed by atoms with E-state index in [1.54, 1.807) is 0 Å². The van der Waals surface area contributed by atoms with Gasteiger partial charge in [-0.3, -0.25) is 0 Å². The third kappa shape index (κ3) is 2.91. The van der Waals surface area contributed by atoms with Gasteiger partial charge in [-0.25, -0.2) is 0 Å². The molecule has 0 aromatic rings. The smallest absolute Gasteiger partial charge is 0.165 e. The quantitative estimate of drug-likeness (QED) is 0.716. The highest BCUT2D eigenvalue weighted by Crippen LogP contribution is 2.29. The van der Waals surface area contributed by atoms with Crippen molar-refractivity contribution in [1.29, 1.82) is 0 Å². The van der Waals surface area contributed by atoms with Crippen LogP contribution in [0.2, 0.25) is 0 Å². The van der Waals surface area contributed by atoms with E-state index in [1.165, 1.54) is 0 Å². The Labute approximate surface area is 90.8 Å². The number of ether oxygens (including phenoxy) is 4. The Morgan fingerprint density at radius 3 is 1.40 bits per heavy atom. The molecule has 2 heterocycles. The van der Waals surface area contributed by atoms with E-state index in [1.807, 2.05) is 13.8 Å². The maximum atomic E-state index is 5.53. The van der Waals surface area contributed by atoms with Gasteiger partial charge >= 0.3 is 0 Å². The minimum absolute atomic E-state index is 0.380. The van der Waals surface area contributed by atoms with Gasteiger partial charge in [0.2, 0.25) is 0 Å². The van der Waals surface area contributed by atoms with E-state index in [0.717, 1.165) is 19.3 Å². The van der Waals surface area contributed by atoms with Gasteiger partial charge in [0.1, 0.15) is 0 Å². The first-order valence-corrected chi connectivity index (χ1v) is 5.68. The number of rotatable bonds is 4. The van der Waals surface area contributed by atoms with Gasteiger partial charge in [0.05, 0.1) is 26.4 Å². The lowest BCUT2D eigenvalue weighted by Gasteiger charge is -2.26. The molecule has 4 heteroatoms. The molecule has 2 aliphatic heterocycles. The van der Waals surface area contributed by atoms with Crippen molar-refractivity contribution in [3.8, 4) is 0 Å². The van der Waals surface area contributed by atoms with E-state index in [9.17, 15) is 0 Å².